The number of hydrogen-bond donors (Lipinski definition) is 0. The molecule has 4 heteroatoms. The Morgan fingerprint density at radius 3 is 2.73 bits per heavy atom. The zero-order valence-electron chi connectivity index (χ0n) is 8.04. The molecule has 0 aliphatic carbocycles. The van der Waals surface area contributed by atoms with E-state index >= 15 is 0 Å². The van der Waals surface area contributed by atoms with E-state index < -0.39 is 0 Å². The summed E-state index contributed by atoms with van der Waals surface area (Å²) in [5.74, 6) is 0.651. The molecule has 76 valence electrons. The third kappa shape index (κ3) is 2.36. The van der Waals surface area contributed by atoms with Gasteiger partial charge in [0.15, 0.2) is 5.82 Å². The minimum absolute atomic E-state index is 0.459. The molecule has 2 aromatic rings. The molecule has 0 bridgehead atoms. The van der Waals surface area contributed by atoms with Crippen molar-refractivity contribution in [1.29, 1.82) is 0 Å². The number of benzene rings is 1. The third-order valence-corrected chi connectivity index (χ3v) is 3.14. The van der Waals surface area contributed by atoms with Gasteiger partial charge in [-0.05, 0) is 30.7 Å². The highest BCUT2D eigenvalue weighted by Gasteiger charge is 2.03. The van der Waals surface area contributed by atoms with Gasteiger partial charge in [0.25, 0.3) is 0 Å². The smallest absolute Gasteiger partial charge is 0.160 e. The molecule has 2 rings (SSSR count). The van der Waals surface area contributed by atoms with Crippen LogP contribution >= 0.6 is 27.5 Å². The second-order valence-electron chi connectivity index (χ2n) is 3.17. The maximum atomic E-state index is 5.81. The van der Waals surface area contributed by atoms with Crippen LogP contribution in [0.25, 0.3) is 11.4 Å². The normalized spacial score (nSPS) is 10.3. The third-order valence-electron chi connectivity index (χ3n) is 2.04. The molecule has 0 fully saturated rings. The van der Waals surface area contributed by atoms with E-state index in [0.717, 1.165) is 15.6 Å². The second-order valence-corrected chi connectivity index (χ2v) is 4.41. The Morgan fingerprint density at radius 2 is 2.07 bits per heavy atom. The van der Waals surface area contributed by atoms with Crippen molar-refractivity contribution in [1.82, 2.24) is 9.97 Å². The summed E-state index contributed by atoms with van der Waals surface area (Å²) >= 11 is 9.25. The fourth-order valence-corrected chi connectivity index (χ4v) is 1.64. The predicted octanol–water partition coefficient (Wildman–Crippen LogP) is 3.87. The number of nitrogens with zero attached hydrogens (tertiary/aromatic N) is 2. The fourth-order valence-electron chi connectivity index (χ4n) is 1.26. The Balaban J connectivity index is 2.50. The molecule has 1 aromatic heterocycles. The van der Waals surface area contributed by atoms with Gasteiger partial charge >= 0.3 is 0 Å². The van der Waals surface area contributed by atoms with Crippen molar-refractivity contribution < 1.29 is 0 Å². The highest BCUT2D eigenvalue weighted by Crippen LogP contribution is 2.23. The van der Waals surface area contributed by atoms with Crippen molar-refractivity contribution in [2.45, 2.75) is 6.92 Å². The standard InChI is InChI=1S/C11H8BrClN2/c1-7-6-8(2-3-9(7)12)11-14-5-4-10(13)15-11/h2-6H,1H3. The molecule has 1 heterocycles. The second kappa shape index (κ2) is 4.29. The molecule has 0 amide bonds. The average molecular weight is 284 g/mol. The molecule has 0 spiro atoms. The fraction of sp³-hybridized carbons (Fsp3) is 0.0909. The minimum atomic E-state index is 0.459. The van der Waals surface area contributed by atoms with E-state index in [0.29, 0.717) is 11.0 Å². The summed E-state index contributed by atoms with van der Waals surface area (Å²) in [5.41, 5.74) is 2.12. The van der Waals surface area contributed by atoms with Crippen molar-refractivity contribution in [2.24, 2.45) is 0 Å². The lowest BCUT2D eigenvalue weighted by Crippen LogP contribution is -1.89. The summed E-state index contributed by atoms with van der Waals surface area (Å²) in [6.07, 6.45) is 1.65. The van der Waals surface area contributed by atoms with Crippen molar-refractivity contribution in [3.05, 3.63) is 45.7 Å². The van der Waals surface area contributed by atoms with E-state index in [4.69, 9.17) is 11.6 Å². The van der Waals surface area contributed by atoms with Gasteiger partial charge < -0.3 is 0 Å². The molecule has 0 N–H and O–H groups in total. The summed E-state index contributed by atoms with van der Waals surface area (Å²) in [5, 5.41) is 0.459. The highest BCUT2D eigenvalue weighted by atomic mass is 79.9. The van der Waals surface area contributed by atoms with E-state index in [1.54, 1.807) is 12.3 Å². The highest BCUT2D eigenvalue weighted by molar-refractivity contribution is 9.10. The number of aryl methyl sites for hydroxylation is 1. The molecular formula is C11H8BrClN2. The zero-order valence-corrected chi connectivity index (χ0v) is 10.4. The Kier molecular flexibility index (Phi) is 3.03. The summed E-state index contributed by atoms with van der Waals surface area (Å²) in [4.78, 5) is 8.32. The quantitative estimate of drug-likeness (QED) is 0.743. The summed E-state index contributed by atoms with van der Waals surface area (Å²) in [7, 11) is 0. The Hall–Kier alpha value is -0.930. The predicted molar refractivity (Wildman–Crippen MR) is 64.9 cm³/mol. The average Bonchev–Trinajstić information content (AvgIpc) is 2.22. The van der Waals surface area contributed by atoms with Crippen LogP contribution in [-0.4, -0.2) is 9.97 Å². The topological polar surface area (TPSA) is 25.8 Å². The van der Waals surface area contributed by atoms with E-state index in [1.165, 1.54) is 0 Å². The van der Waals surface area contributed by atoms with E-state index in [1.807, 2.05) is 25.1 Å². The van der Waals surface area contributed by atoms with Crippen molar-refractivity contribution in [3.63, 3.8) is 0 Å². The molecule has 0 aliphatic heterocycles. The lowest BCUT2D eigenvalue weighted by atomic mass is 10.1. The lowest BCUT2D eigenvalue weighted by molar-refractivity contribution is 1.17. The van der Waals surface area contributed by atoms with Crippen LogP contribution in [0.3, 0.4) is 0 Å². The summed E-state index contributed by atoms with van der Waals surface area (Å²) < 4.78 is 1.08. The van der Waals surface area contributed by atoms with E-state index in [-0.39, 0.29) is 0 Å². The van der Waals surface area contributed by atoms with Gasteiger partial charge in [-0.15, -0.1) is 0 Å². The largest absolute Gasteiger partial charge is 0.236 e. The maximum absolute atomic E-state index is 5.81. The van der Waals surface area contributed by atoms with Crippen LogP contribution in [0.2, 0.25) is 5.15 Å². The van der Waals surface area contributed by atoms with Gasteiger partial charge in [0.05, 0.1) is 0 Å². The SMILES string of the molecule is Cc1cc(-c2nccc(Cl)n2)ccc1Br. The molecule has 2 nitrogen and oxygen atoms in total. The Labute approximate surface area is 101 Å². The minimum Gasteiger partial charge on any atom is -0.236 e. The van der Waals surface area contributed by atoms with Crippen molar-refractivity contribution in [2.75, 3.05) is 0 Å². The monoisotopic (exact) mass is 282 g/mol. The molecule has 0 unspecified atom stereocenters. The number of halogens is 2. The van der Waals surface area contributed by atoms with Crippen LogP contribution in [0, 0.1) is 6.92 Å². The van der Waals surface area contributed by atoms with Gasteiger partial charge in [0.1, 0.15) is 5.15 Å². The van der Waals surface area contributed by atoms with Gasteiger partial charge in [0, 0.05) is 16.2 Å². The van der Waals surface area contributed by atoms with Crippen LogP contribution < -0.4 is 0 Å². The molecular weight excluding hydrogens is 275 g/mol. The first-order chi connectivity index (χ1) is 7.16. The number of rotatable bonds is 1. The van der Waals surface area contributed by atoms with Crippen LogP contribution in [0.4, 0.5) is 0 Å². The van der Waals surface area contributed by atoms with Gasteiger partial charge in [-0.1, -0.05) is 33.6 Å². The summed E-state index contributed by atoms with van der Waals surface area (Å²) in [6.45, 7) is 2.03. The molecule has 0 atom stereocenters. The summed E-state index contributed by atoms with van der Waals surface area (Å²) in [6, 6.07) is 7.63. The van der Waals surface area contributed by atoms with Gasteiger partial charge in [-0.25, -0.2) is 9.97 Å². The van der Waals surface area contributed by atoms with Crippen molar-refractivity contribution in [3.8, 4) is 11.4 Å². The van der Waals surface area contributed by atoms with Gasteiger partial charge in [0.2, 0.25) is 0 Å². The molecule has 0 saturated carbocycles. The molecule has 0 saturated heterocycles. The van der Waals surface area contributed by atoms with Crippen molar-refractivity contribution >= 4 is 27.5 Å². The first kappa shape index (κ1) is 10.6. The zero-order chi connectivity index (χ0) is 10.8. The number of hydrogen-bond acceptors (Lipinski definition) is 2. The molecule has 0 aliphatic rings. The maximum Gasteiger partial charge on any atom is 0.160 e. The van der Waals surface area contributed by atoms with Crippen LogP contribution in [0.5, 0.6) is 0 Å². The first-order valence-corrected chi connectivity index (χ1v) is 5.59. The lowest BCUT2D eigenvalue weighted by Gasteiger charge is -2.03. The van der Waals surface area contributed by atoms with E-state index in [2.05, 4.69) is 25.9 Å². The van der Waals surface area contributed by atoms with Gasteiger partial charge in [-0.3, -0.25) is 0 Å². The Bertz CT molecular complexity index is 500. The van der Waals surface area contributed by atoms with Crippen LogP contribution in [-0.2, 0) is 0 Å². The van der Waals surface area contributed by atoms with Crippen LogP contribution in [0.15, 0.2) is 34.9 Å². The molecule has 0 radical (unpaired) electrons. The van der Waals surface area contributed by atoms with E-state index in [9.17, 15) is 0 Å². The first-order valence-electron chi connectivity index (χ1n) is 4.42. The van der Waals surface area contributed by atoms with Gasteiger partial charge in [-0.2, -0.15) is 0 Å². The van der Waals surface area contributed by atoms with Crippen LogP contribution in [0.1, 0.15) is 5.56 Å². The molecule has 1 aromatic carbocycles. The number of aromatic nitrogens is 2. The molecule has 15 heavy (non-hydrogen) atoms. The Morgan fingerprint density at radius 1 is 1.27 bits per heavy atom.